The third kappa shape index (κ3) is 4.60. The summed E-state index contributed by atoms with van der Waals surface area (Å²) in [7, 11) is 0. The molecule has 2 N–H and O–H groups in total. The molecule has 0 bridgehead atoms. The van der Waals surface area contributed by atoms with Crippen LogP contribution < -0.4 is 5.73 Å². The first-order valence-electron chi connectivity index (χ1n) is 7.29. The van der Waals surface area contributed by atoms with Crippen molar-refractivity contribution in [2.75, 3.05) is 0 Å². The summed E-state index contributed by atoms with van der Waals surface area (Å²) in [5.41, 5.74) is 10.4. The number of hydrogen-bond donors (Lipinski definition) is 1. The molecule has 0 heterocycles. The number of hydrogen-bond acceptors (Lipinski definition) is 2. The van der Waals surface area contributed by atoms with Crippen LogP contribution in [0.25, 0.3) is 0 Å². The van der Waals surface area contributed by atoms with Gasteiger partial charge < -0.3 is 5.73 Å². The van der Waals surface area contributed by atoms with Crippen LogP contribution in [-0.4, -0.2) is 6.04 Å². The van der Waals surface area contributed by atoms with E-state index in [0.717, 1.165) is 16.6 Å². The quantitative estimate of drug-likeness (QED) is 0.736. The van der Waals surface area contributed by atoms with E-state index in [1.807, 2.05) is 11.8 Å². The molecular weight excluding hydrogens is 342 g/mol. The second kappa shape index (κ2) is 8.02. The molecule has 112 valence electrons. The lowest BCUT2D eigenvalue weighted by molar-refractivity contribution is 0.634. The van der Waals surface area contributed by atoms with E-state index in [4.69, 9.17) is 5.73 Å². The van der Waals surface area contributed by atoms with Crippen molar-refractivity contribution in [2.24, 2.45) is 5.73 Å². The Morgan fingerprint density at radius 2 is 1.90 bits per heavy atom. The lowest BCUT2D eigenvalue weighted by Gasteiger charge is -2.23. The number of nitrogens with two attached hydrogens (primary N) is 1. The van der Waals surface area contributed by atoms with Crippen LogP contribution >= 0.6 is 27.7 Å². The van der Waals surface area contributed by atoms with Crippen molar-refractivity contribution in [1.29, 1.82) is 0 Å². The molecule has 0 radical (unpaired) electrons. The van der Waals surface area contributed by atoms with Gasteiger partial charge in [-0.2, -0.15) is 0 Å². The number of thioether (sulfide) groups is 1. The second-order valence-electron chi connectivity index (χ2n) is 5.29. The SMILES string of the molecule is CCC(N)C(SCc1ccccc1C)c1cccc(Br)c1. The van der Waals surface area contributed by atoms with Crippen molar-refractivity contribution >= 4 is 27.7 Å². The topological polar surface area (TPSA) is 26.0 Å². The molecule has 0 aliphatic carbocycles. The Balaban J connectivity index is 2.16. The second-order valence-corrected chi connectivity index (χ2v) is 7.33. The van der Waals surface area contributed by atoms with Crippen molar-refractivity contribution in [2.45, 2.75) is 37.3 Å². The smallest absolute Gasteiger partial charge is 0.0451 e. The highest BCUT2D eigenvalue weighted by atomic mass is 79.9. The fourth-order valence-electron chi connectivity index (χ4n) is 2.32. The average Bonchev–Trinajstić information content (AvgIpc) is 2.49. The lowest BCUT2D eigenvalue weighted by Crippen LogP contribution is -2.25. The van der Waals surface area contributed by atoms with Gasteiger partial charge >= 0.3 is 0 Å². The Labute approximate surface area is 140 Å². The predicted molar refractivity (Wildman–Crippen MR) is 97.6 cm³/mol. The van der Waals surface area contributed by atoms with E-state index in [1.54, 1.807) is 0 Å². The molecule has 0 aliphatic rings. The van der Waals surface area contributed by atoms with Crippen molar-refractivity contribution in [3.8, 4) is 0 Å². The van der Waals surface area contributed by atoms with E-state index in [-0.39, 0.29) is 6.04 Å². The maximum absolute atomic E-state index is 6.37. The number of benzene rings is 2. The fraction of sp³-hybridized carbons (Fsp3) is 0.333. The molecule has 0 saturated carbocycles. The molecule has 0 fully saturated rings. The van der Waals surface area contributed by atoms with Crippen LogP contribution in [0.15, 0.2) is 53.0 Å². The van der Waals surface area contributed by atoms with Gasteiger partial charge in [0, 0.05) is 21.5 Å². The molecule has 1 nitrogen and oxygen atoms in total. The van der Waals surface area contributed by atoms with Gasteiger partial charge in [0.15, 0.2) is 0 Å². The van der Waals surface area contributed by atoms with Crippen molar-refractivity contribution in [3.63, 3.8) is 0 Å². The molecule has 0 saturated heterocycles. The third-order valence-corrected chi connectivity index (χ3v) is 5.67. The first kappa shape index (κ1) is 16.6. The monoisotopic (exact) mass is 363 g/mol. The number of halogens is 1. The lowest BCUT2D eigenvalue weighted by atomic mass is 10.0. The molecule has 3 heteroatoms. The summed E-state index contributed by atoms with van der Waals surface area (Å²) in [6.45, 7) is 4.33. The van der Waals surface area contributed by atoms with Gasteiger partial charge in [0.2, 0.25) is 0 Å². The van der Waals surface area contributed by atoms with Gasteiger partial charge in [0.1, 0.15) is 0 Å². The molecule has 2 rings (SSSR count). The van der Waals surface area contributed by atoms with Crippen LogP contribution in [-0.2, 0) is 5.75 Å². The van der Waals surface area contributed by atoms with Crippen LogP contribution in [0.2, 0.25) is 0 Å². The van der Waals surface area contributed by atoms with Gasteiger partial charge in [-0.25, -0.2) is 0 Å². The van der Waals surface area contributed by atoms with E-state index in [9.17, 15) is 0 Å². The highest BCUT2D eigenvalue weighted by Crippen LogP contribution is 2.36. The minimum Gasteiger partial charge on any atom is -0.326 e. The minimum atomic E-state index is 0.174. The minimum absolute atomic E-state index is 0.174. The predicted octanol–water partition coefficient (Wildman–Crippen LogP) is 5.47. The molecule has 2 aromatic carbocycles. The average molecular weight is 364 g/mol. The van der Waals surface area contributed by atoms with Crippen LogP contribution in [0, 0.1) is 6.92 Å². The number of rotatable bonds is 6. The van der Waals surface area contributed by atoms with E-state index in [2.05, 4.69) is 78.3 Å². The maximum Gasteiger partial charge on any atom is 0.0451 e. The Morgan fingerprint density at radius 1 is 1.14 bits per heavy atom. The Hall–Kier alpha value is -0.770. The van der Waals surface area contributed by atoms with Gasteiger partial charge in [-0.1, -0.05) is 59.3 Å². The maximum atomic E-state index is 6.37. The molecule has 2 unspecified atom stereocenters. The van der Waals surface area contributed by atoms with Crippen LogP contribution in [0.5, 0.6) is 0 Å². The molecule has 0 aromatic heterocycles. The number of aryl methyl sites for hydroxylation is 1. The van der Waals surface area contributed by atoms with Gasteiger partial charge in [-0.15, -0.1) is 11.8 Å². The summed E-state index contributed by atoms with van der Waals surface area (Å²) >= 11 is 5.50. The van der Waals surface area contributed by atoms with Crippen molar-refractivity contribution in [3.05, 3.63) is 69.7 Å². The normalized spacial score (nSPS) is 13.9. The highest BCUT2D eigenvalue weighted by Gasteiger charge is 2.19. The summed E-state index contributed by atoms with van der Waals surface area (Å²) in [5, 5.41) is 0.326. The van der Waals surface area contributed by atoms with Gasteiger partial charge in [0.05, 0.1) is 0 Å². The van der Waals surface area contributed by atoms with Crippen LogP contribution in [0.3, 0.4) is 0 Å². The van der Waals surface area contributed by atoms with Crippen LogP contribution in [0.4, 0.5) is 0 Å². The molecule has 2 aromatic rings. The van der Waals surface area contributed by atoms with E-state index < -0.39 is 0 Å². The molecule has 2 atom stereocenters. The largest absolute Gasteiger partial charge is 0.326 e. The highest BCUT2D eigenvalue weighted by molar-refractivity contribution is 9.10. The summed E-state index contributed by atoms with van der Waals surface area (Å²) < 4.78 is 1.12. The van der Waals surface area contributed by atoms with Crippen LogP contribution in [0.1, 0.15) is 35.3 Å². The van der Waals surface area contributed by atoms with Gasteiger partial charge in [-0.05, 0) is 42.2 Å². The van der Waals surface area contributed by atoms with Crippen molar-refractivity contribution in [1.82, 2.24) is 0 Å². The Morgan fingerprint density at radius 3 is 2.57 bits per heavy atom. The molecule has 0 spiro atoms. The van der Waals surface area contributed by atoms with Gasteiger partial charge in [-0.3, -0.25) is 0 Å². The first-order chi connectivity index (χ1) is 10.1. The Bertz CT molecular complexity index is 585. The van der Waals surface area contributed by atoms with Gasteiger partial charge in [0.25, 0.3) is 0 Å². The summed E-state index contributed by atoms with van der Waals surface area (Å²) in [4.78, 5) is 0. The fourth-order valence-corrected chi connectivity index (χ4v) is 4.19. The van der Waals surface area contributed by atoms with E-state index in [0.29, 0.717) is 5.25 Å². The zero-order chi connectivity index (χ0) is 15.2. The Kier molecular flexibility index (Phi) is 6.34. The van der Waals surface area contributed by atoms with E-state index >= 15 is 0 Å². The zero-order valence-corrected chi connectivity index (χ0v) is 15.0. The summed E-state index contributed by atoms with van der Waals surface area (Å²) in [6, 6.07) is 17.3. The summed E-state index contributed by atoms with van der Waals surface area (Å²) in [6.07, 6.45) is 0.984. The summed E-state index contributed by atoms with van der Waals surface area (Å²) in [5.74, 6) is 0.998. The molecular formula is C18H22BrNS. The standard InChI is InChI=1S/C18H22BrNS/c1-3-17(20)18(14-9-6-10-16(19)11-14)21-12-15-8-5-4-7-13(15)2/h4-11,17-18H,3,12,20H2,1-2H3. The van der Waals surface area contributed by atoms with E-state index in [1.165, 1.54) is 16.7 Å². The van der Waals surface area contributed by atoms with Crippen molar-refractivity contribution < 1.29 is 0 Å². The molecule has 0 aliphatic heterocycles. The molecule has 0 amide bonds. The third-order valence-electron chi connectivity index (χ3n) is 3.72. The molecule has 21 heavy (non-hydrogen) atoms. The first-order valence-corrected chi connectivity index (χ1v) is 9.13. The zero-order valence-electron chi connectivity index (χ0n) is 12.6.